The van der Waals surface area contributed by atoms with Crippen molar-refractivity contribution in [3.8, 4) is 0 Å². The van der Waals surface area contributed by atoms with Crippen LogP contribution in [0.1, 0.15) is 59.3 Å². The molecule has 1 N–H and O–H groups in total. The Bertz CT molecular complexity index is 1090. The molecule has 3 rings (SSSR count). The molecule has 0 saturated heterocycles. The van der Waals surface area contributed by atoms with Crippen LogP contribution in [0, 0.1) is 11.8 Å². The van der Waals surface area contributed by atoms with E-state index in [4.69, 9.17) is 0 Å². The lowest BCUT2D eigenvalue weighted by Crippen LogP contribution is -2.44. The maximum absolute atomic E-state index is 13.2. The molecule has 0 radical (unpaired) electrons. The molecule has 33 heavy (non-hydrogen) atoms. The molecule has 0 atom stereocenters. The van der Waals surface area contributed by atoms with Crippen LogP contribution in [0.25, 0.3) is 10.2 Å². The summed E-state index contributed by atoms with van der Waals surface area (Å²) in [5, 5.41) is 4.59. The number of carbonyl (C=O) groups is 2. The van der Waals surface area contributed by atoms with E-state index in [0.29, 0.717) is 16.8 Å². The molecule has 8 nitrogen and oxygen atoms in total. The number of hydrogen-bond donors (Lipinski definition) is 1. The molecule has 2 heterocycles. The molecule has 9 heteroatoms. The van der Waals surface area contributed by atoms with Crippen molar-refractivity contribution >= 4 is 33.4 Å². The van der Waals surface area contributed by atoms with Gasteiger partial charge in [-0.2, -0.15) is 0 Å². The Labute approximate surface area is 198 Å². The maximum atomic E-state index is 13.2. The number of aromatic nitrogens is 2. The Kier molecular flexibility index (Phi) is 8.51. The van der Waals surface area contributed by atoms with Crippen LogP contribution in [0.4, 0.5) is 0 Å². The van der Waals surface area contributed by atoms with Gasteiger partial charge in [0.1, 0.15) is 11.2 Å². The first-order chi connectivity index (χ1) is 15.7. The van der Waals surface area contributed by atoms with E-state index in [2.05, 4.69) is 12.2 Å². The third-order valence-electron chi connectivity index (χ3n) is 6.45. The molecule has 0 aliphatic heterocycles. The van der Waals surface area contributed by atoms with E-state index in [0.717, 1.165) is 45.1 Å². The van der Waals surface area contributed by atoms with Crippen LogP contribution in [0.3, 0.4) is 0 Å². The Morgan fingerprint density at radius 2 is 1.88 bits per heavy atom. The molecule has 2 aromatic heterocycles. The maximum Gasteiger partial charge on any atom is 0.332 e. The smallest absolute Gasteiger partial charge is 0.332 e. The van der Waals surface area contributed by atoms with Gasteiger partial charge >= 0.3 is 5.69 Å². The number of thiophene rings is 1. The molecule has 182 valence electrons. The number of hydrogen-bond acceptors (Lipinski definition) is 5. The fraction of sp³-hybridized carbons (Fsp3) is 0.667. The highest BCUT2D eigenvalue weighted by Gasteiger charge is 2.29. The van der Waals surface area contributed by atoms with Crippen molar-refractivity contribution in [1.82, 2.24) is 19.4 Å². The Balaban J connectivity index is 1.75. The Morgan fingerprint density at radius 3 is 2.52 bits per heavy atom. The van der Waals surface area contributed by atoms with Crippen molar-refractivity contribution in [3.05, 3.63) is 32.3 Å². The number of fused-ring (bicyclic) bond motifs is 1. The lowest BCUT2D eigenvalue weighted by atomic mass is 9.81. The fourth-order valence-electron chi connectivity index (χ4n) is 4.63. The molecular formula is C24H36N4O4S. The summed E-state index contributed by atoms with van der Waals surface area (Å²) < 4.78 is 3.19. The predicted octanol–water partition coefficient (Wildman–Crippen LogP) is 2.81. The molecule has 0 spiro atoms. The van der Waals surface area contributed by atoms with Crippen LogP contribution in [-0.4, -0.2) is 45.5 Å². The number of unbranched alkanes of at least 4 members (excludes halogenated alkanes) is 1. The zero-order valence-electron chi connectivity index (χ0n) is 20.1. The number of rotatable bonds is 9. The minimum absolute atomic E-state index is 0.0241. The van der Waals surface area contributed by atoms with Gasteiger partial charge in [0.15, 0.2) is 0 Å². The highest BCUT2D eigenvalue weighted by molar-refractivity contribution is 7.17. The molecule has 1 aliphatic rings. The number of nitrogens with zero attached hydrogens (tertiary/aromatic N) is 3. The average molecular weight is 477 g/mol. The third-order valence-corrected chi connectivity index (χ3v) is 7.34. The molecule has 1 aliphatic carbocycles. The van der Waals surface area contributed by atoms with Gasteiger partial charge in [0.05, 0.1) is 5.52 Å². The summed E-state index contributed by atoms with van der Waals surface area (Å²) >= 11 is 1.29. The van der Waals surface area contributed by atoms with Crippen LogP contribution >= 0.6 is 11.3 Å². The van der Waals surface area contributed by atoms with Crippen LogP contribution < -0.4 is 16.6 Å². The quantitative estimate of drug-likeness (QED) is 0.602. The lowest BCUT2D eigenvalue weighted by Gasteiger charge is -2.30. The van der Waals surface area contributed by atoms with Gasteiger partial charge in [0.25, 0.3) is 5.56 Å². The summed E-state index contributed by atoms with van der Waals surface area (Å²) in [6.07, 6.45) is 5.24. The summed E-state index contributed by atoms with van der Waals surface area (Å²) in [5.74, 6) is 0.139. The standard InChI is InChI=1S/C24H36N4O4S/c1-5-6-12-26(4)22(30)18-9-7-17(8-10-18)14-28-23(31)21-19(11-13-33-21)27(24(28)32)15-20(29)25-16(2)3/h11,13,16-18H,5-10,12,14-15H2,1-4H3,(H,25,29). The fourth-order valence-corrected chi connectivity index (χ4v) is 5.47. The van der Waals surface area contributed by atoms with Crippen molar-refractivity contribution in [2.24, 2.45) is 11.8 Å². The second kappa shape index (κ2) is 11.1. The van der Waals surface area contributed by atoms with Gasteiger partial charge in [0, 0.05) is 32.1 Å². The van der Waals surface area contributed by atoms with E-state index in [-0.39, 0.29) is 41.8 Å². The molecule has 1 fully saturated rings. The van der Waals surface area contributed by atoms with E-state index in [1.807, 2.05) is 25.8 Å². The van der Waals surface area contributed by atoms with Crippen molar-refractivity contribution in [3.63, 3.8) is 0 Å². The van der Waals surface area contributed by atoms with Crippen LogP contribution in [0.2, 0.25) is 0 Å². The minimum atomic E-state index is -0.442. The zero-order chi connectivity index (χ0) is 24.1. The molecule has 2 aromatic rings. The van der Waals surface area contributed by atoms with Crippen molar-refractivity contribution in [2.45, 2.75) is 78.4 Å². The molecular weight excluding hydrogens is 440 g/mol. The first kappa shape index (κ1) is 25.2. The average Bonchev–Trinajstić information content (AvgIpc) is 3.27. The zero-order valence-corrected chi connectivity index (χ0v) is 21.0. The second-order valence-electron chi connectivity index (χ2n) is 9.47. The summed E-state index contributed by atoms with van der Waals surface area (Å²) in [4.78, 5) is 53.2. The van der Waals surface area contributed by atoms with Gasteiger partial charge < -0.3 is 10.2 Å². The summed E-state index contributed by atoms with van der Waals surface area (Å²) in [5.41, 5.74) is -0.222. The molecule has 0 unspecified atom stereocenters. The summed E-state index contributed by atoms with van der Waals surface area (Å²) in [7, 11) is 1.87. The number of amides is 2. The first-order valence-electron chi connectivity index (χ1n) is 12.0. The van der Waals surface area contributed by atoms with Gasteiger partial charge in [-0.25, -0.2) is 4.79 Å². The highest BCUT2D eigenvalue weighted by Crippen LogP contribution is 2.30. The SMILES string of the molecule is CCCCN(C)C(=O)C1CCC(Cn2c(=O)c3sccc3n(CC(=O)NC(C)C)c2=O)CC1. The number of nitrogens with one attached hydrogen (secondary N) is 1. The topological polar surface area (TPSA) is 93.4 Å². The van der Waals surface area contributed by atoms with Gasteiger partial charge in [0.2, 0.25) is 11.8 Å². The molecule has 1 saturated carbocycles. The van der Waals surface area contributed by atoms with E-state index in [9.17, 15) is 19.2 Å². The van der Waals surface area contributed by atoms with Gasteiger partial charge in [-0.05, 0) is 63.3 Å². The van der Waals surface area contributed by atoms with Crippen LogP contribution in [-0.2, 0) is 22.7 Å². The van der Waals surface area contributed by atoms with Gasteiger partial charge in [-0.1, -0.05) is 13.3 Å². The molecule has 0 aromatic carbocycles. The largest absolute Gasteiger partial charge is 0.352 e. The van der Waals surface area contributed by atoms with Crippen molar-refractivity contribution < 1.29 is 9.59 Å². The lowest BCUT2D eigenvalue weighted by molar-refractivity contribution is -0.135. The highest BCUT2D eigenvalue weighted by atomic mass is 32.1. The number of carbonyl (C=O) groups excluding carboxylic acids is 2. The third kappa shape index (κ3) is 5.93. The van der Waals surface area contributed by atoms with E-state index in [1.54, 1.807) is 11.4 Å². The normalized spacial score (nSPS) is 18.6. The summed E-state index contributed by atoms with van der Waals surface area (Å²) in [6.45, 7) is 6.84. The predicted molar refractivity (Wildman–Crippen MR) is 132 cm³/mol. The summed E-state index contributed by atoms with van der Waals surface area (Å²) in [6, 6.07) is 1.69. The van der Waals surface area contributed by atoms with E-state index < -0.39 is 5.69 Å². The van der Waals surface area contributed by atoms with Crippen LogP contribution in [0.15, 0.2) is 21.0 Å². The van der Waals surface area contributed by atoms with E-state index >= 15 is 0 Å². The van der Waals surface area contributed by atoms with Crippen LogP contribution in [0.5, 0.6) is 0 Å². The first-order valence-corrected chi connectivity index (χ1v) is 12.9. The van der Waals surface area contributed by atoms with Crippen molar-refractivity contribution in [2.75, 3.05) is 13.6 Å². The Morgan fingerprint density at radius 1 is 1.18 bits per heavy atom. The molecule has 2 amide bonds. The minimum Gasteiger partial charge on any atom is -0.352 e. The van der Waals surface area contributed by atoms with E-state index in [1.165, 1.54) is 20.5 Å². The Hall–Kier alpha value is -2.42. The van der Waals surface area contributed by atoms with Gasteiger partial charge in [-0.3, -0.25) is 23.5 Å². The monoisotopic (exact) mass is 476 g/mol. The van der Waals surface area contributed by atoms with Crippen molar-refractivity contribution in [1.29, 1.82) is 0 Å². The van der Waals surface area contributed by atoms with Gasteiger partial charge in [-0.15, -0.1) is 11.3 Å². The second-order valence-corrected chi connectivity index (χ2v) is 10.4. The molecule has 0 bridgehead atoms.